The van der Waals surface area contributed by atoms with E-state index in [1.807, 2.05) is 25.1 Å². The number of ether oxygens (including phenoxy) is 1. The van der Waals surface area contributed by atoms with E-state index in [1.54, 1.807) is 15.9 Å². The van der Waals surface area contributed by atoms with Crippen molar-refractivity contribution in [3.63, 3.8) is 0 Å². The standard InChI is InChI=1S/C27H34FN5O3/c1-19-14-20(2-3-25(19)36-24-4-5-30-18-24)26(34)32-10-12-33(13-11-32)27(35)21-15-22(28)17-23(16-21)31-8-6-29-7-9-31/h2-3,14-17,24,29-30H,4-13,18H2,1H3/t24-/m0/s1. The van der Waals surface area contributed by atoms with Crippen LogP contribution < -0.4 is 20.3 Å². The molecule has 192 valence electrons. The number of carbonyl (C=O) groups excluding carboxylic acids is 2. The largest absolute Gasteiger partial charge is 0.489 e. The predicted octanol–water partition coefficient (Wildman–Crippen LogP) is 1.88. The molecule has 0 aromatic heterocycles. The van der Waals surface area contributed by atoms with Gasteiger partial charge in [-0.2, -0.15) is 0 Å². The first-order valence-electron chi connectivity index (χ1n) is 12.8. The maximum atomic E-state index is 14.4. The molecule has 2 aromatic carbocycles. The van der Waals surface area contributed by atoms with Crippen molar-refractivity contribution >= 4 is 17.5 Å². The Morgan fingerprint density at radius 3 is 2.19 bits per heavy atom. The minimum absolute atomic E-state index is 0.0500. The zero-order valence-electron chi connectivity index (χ0n) is 20.8. The Morgan fingerprint density at radius 2 is 1.56 bits per heavy atom. The lowest BCUT2D eigenvalue weighted by Crippen LogP contribution is -2.50. The van der Waals surface area contributed by atoms with Crippen molar-refractivity contribution in [2.24, 2.45) is 0 Å². The average Bonchev–Trinajstić information content (AvgIpc) is 3.42. The molecule has 5 rings (SSSR count). The molecule has 0 saturated carbocycles. The second kappa shape index (κ2) is 10.8. The maximum absolute atomic E-state index is 14.4. The van der Waals surface area contributed by atoms with Gasteiger partial charge in [0.05, 0.1) is 0 Å². The highest BCUT2D eigenvalue weighted by Crippen LogP contribution is 2.24. The van der Waals surface area contributed by atoms with Crippen LogP contribution in [0.1, 0.15) is 32.7 Å². The summed E-state index contributed by atoms with van der Waals surface area (Å²) in [6.45, 7) is 8.71. The van der Waals surface area contributed by atoms with Crippen molar-refractivity contribution in [3.05, 3.63) is 58.9 Å². The minimum Gasteiger partial charge on any atom is -0.489 e. The van der Waals surface area contributed by atoms with Gasteiger partial charge in [-0.15, -0.1) is 0 Å². The molecule has 3 heterocycles. The molecule has 3 fully saturated rings. The number of hydrogen-bond donors (Lipinski definition) is 2. The van der Waals surface area contributed by atoms with Gasteiger partial charge in [0.25, 0.3) is 11.8 Å². The Bertz CT molecular complexity index is 1110. The van der Waals surface area contributed by atoms with E-state index in [1.165, 1.54) is 12.1 Å². The lowest BCUT2D eigenvalue weighted by Gasteiger charge is -2.35. The highest BCUT2D eigenvalue weighted by Gasteiger charge is 2.27. The van der Waals surface area contributed by atoms with Crippen LogP contribution in [0.5, 0.6) is 5.75 Å². The molecule has 0 radical (unpaired) electrons. The van der Waals surface area contributed by atoms with Crippen molar-refractivity contribution in [1.29, 1.82) is 0 Å². The molecule has 0 bridgehead atoms. The quantitative estimate of drug-likeness (QED) is 0.660. The number of amides is 2. The third-order valence-electron chi connectivity index (χ3n) is 7.20. The number of nitrogens with one attached hydrogen (secondary N) is 2. The van der Waals surface area contributed by atoms with E-state index in [0.29, 0.717) is 37.3 Å². The van der Waals surface area contributed by atoms with Gasteiger partial charge < -0.3 is 30.1 Å². The first kappa shape index (κ1) is 24.5. The fraction of sp³-hybridized carbons (Fsp3) is 0.481. The molecule has 2 aromatic rings. The summed E-state index contributed by atoms with van der Waals surface area (Å²) in [5, 5.41) is 6.57. The Labute approximate surface area is 211 Å². The number of carbonyl (C=O) groups is 2. The fourth-order valence-electron chi connectivity index (χ4n) is 5.10. The molecule has 3 aliphatic heterocycles. The zero-order chi connectivity index (χ0) is 25.1. The van der Waals surface area contributed by atoms with Gasteiger partial charge in [-0.05, 0) is 61.9 Å². The zero-order valence-corrected chi connectivity index (χ0v) is 20.8. The Balaban J connectivity index is 1.19. The summed E-state index contributed by atoms with van der Waals surface area (Å²) in [5.74, 6) is 0.156. The summed E-state index contributed by atoms with van der Waals surface area (Å²) in [6, 6.07) is 10.1. The van der Waals surface area contributed by atoms with Crippen LogP contribution in [0.3, 0.4) is 0 Å². The molecule has 1 atom stereocenters. The van der Waals surface area contributed by atoms with Gasteiger partial charge in [0.15, 0.2) is 0 Å². The molecule has 3 aliphatic rings. The molecule has 0 spiro atoms. The van der Waals surface area contributed by atoms with Crippen LogP contribution in [0.25, 0.3) is 0 Å². The van der Waals surface area contributed by atoms with Crippen LogP contribution in [-0.4, -0.2) is 93.2 Å². The maximum Gasteiger partial charge on any atom is 0.254 e. The van der Waals surface area contributed by atoms with Crippen LogP contribution in [0, 0.1) is 12.7 Å². The highest BCUT2D eigenvalue weighted by atomic mass is 19.1. The number of aryl methyl sites for hydroxylation is 1. The van der Waals surface area contributed by atoms with E-state index in [4.69, 9.17) is 4.74 Å². The van der Waals surface area contributed by atoms with Crippen LogP contribution in [0.4, 0.5) is 10.1 Å². The van der Waals surface area contributed by atoms with E-state index in [-0.39, 0.29) is 17.9 Å². The second-order valence-corrected chi connectivity index (χ2v) is 9.73. The fourth-order valence-corrected chi connectivity index (χ4v) is 5.10. The third-order valence-corrected chi connectivity index (χ3v) is 7.20. The molecule has 0 unspecified atom stereocenters. The molecule has 8 nitrogen and oxygen atoms in total. The SMILES string of the molecule is Cc1cc(C(=O)N2CCN(C(=O)c3cc(F)cc(N4CCNCC4)c3)CC2)ccc1O[C@H]1CCNC1. The molecule has 9 heteroatoms. The van der Waals surface area contributed by atoms with E-state index >= 15 is 0 Å². The number of hydrogen-bond acceptors (Lipinski definition) is 6. The number of rotatable bonds is 5. The van der Waals surface area contributed by atoms with Gasteiger partial charge in [-0.3, -0.25) is 9.59 Å². The van der Waals surface area contributed by atoms with Crippen LogP contribution in [-0.2, 0) is 0 Å². The Morgan fingerprint density at radius 1 is 0.861 bits per heavy atom. The first-order valence-corrected chi connectivity index (χ1v) is 12.8. The number of halogens is 1. The monoisotopic (exact) mass is 495 g/mol. The van der Waals surface area contributed by atoms with E-state index in [9.17, 15) is 14.0 Å². The van der Waals surface area contributed by atoms with Gasteiger partial charge >= 0.3 is 0 Å². The van der Waals surface area contributed by atoms with Gasteiger partial charge in [0.2, 0.25) is 0 Å². The number of nitrogens with zero attached hydrogens (tertiary/aromatic N) is 3. The number of anilines is 1. The van der Waals surface area contributed by atoms with Gasteiger partial charge in [-0.25, -0.2) is 4.39 Å². The third kappa shape index (κ3) is 5.47. The van der Waals surface area contributed by atoms with Crippen molar-refractivity contribution in [2.45, 2.75) is 19.4 Å². The van der Waals surface area contributed by atoms with Gasteiger partial charge in [0, 0.05) is 75.7 Å². The van der Waals surface area contributed by atoms with E-state index in [0.717, 1.165) is 62.7 Å². The van der Waals surface area contributed by atoms with Crippen LogP contribution >= 0.6 is 0 Å². The first-order chi connectivity index (χ1) is 17.5. The second-order valence-electron chi connectivity index (χ2n) is 9.73. The predicted molar refractivity (Wildman–Crippen MR) is 136 cm³/mol. The normalized spacial score (nSPS) is 20.5. The van der Waals surface area contributed by atoms with Crippen molar-refractivity contribution in [3.8, 4) is 5.75 Å². The molecular formula is C27H34FN5O3. The number of benzene rings is 2. The molecule has 2 N–H and O–H groups in total. The molecule has 0 aliphatic carbocycles. The average molecular weight is 496 g/mol. The lowest BCUT2D eigenvalue weighted by atomic mass is 10.1. The summed E-state index contributed by atoms with van der Waals surface area (Å²) >= 11 is 0. The summed E-state index contributed by atoms with van der Waals surface area (Å²) in [4.78, 5) is 31.9. The smallest absolute Gasteiger partial charge is 0.254 e. The van der Waals surface area contributed by atoms with Crippen molar-refractivity contribution in [1.82, 2.24) is 20.4 Å². The van der Waals surface area contributed by atoms with E-state index < -0.39 is 5.82 Å². The van der Waals surface area contributed by atoms with Gasteiger partial charge in [0.1, 0.15) is 17.7 Å². The number of piperazine rings is 2. The molecule has 36 heavy (non-hydrogen) atoms. The van der Waals surface area contributed by atoms with Gasteiger partial charge in [-0.1, -0.05) is 0 Å². The molecule has 3 saturated heterocycles. The summed E-state index contributed by atoms with van der Waals surface area (Å²) in [5.41, 5.74) is 2.65. The van der Waals surface area contributed by atoms with E-state index in [2.05, 4.69) is 15.5 Å². The minimum atomic E-state index is -0.407. The topological polar surface area (TPSA) is 77.2 Å². The molecular weight excluding hydrogens is 461 g/mol. The lowest BCUT2D eigenvalue weighted by molar-refractivity contribution is 0.0535. The van der Waals surface area contributed by atoms with Crippen LogP contribution in [0.15, 0.2) is 36.4 Å². The summed E-state index contributed by atoms with van der Waals surface area (Å²) < 4.78 is 20.4. The van der Waals surface area contributed by atoms with Crippen molar-refractivity contribution in [2.75, 3.05) is 70.3 Å². The van der Waals surface area contributed by atoms with Crippen molar-refractivity contribution < 1.29 is 18.7 Å². The summed E-state index contributed by atoms with van der Waals surface area (Å²) in [6.07, 6.45) is 1.15. The highest BCUT2D eigenvalue weighted by molar-refractivity contribution is 5.96. The Hall–Kier alpha value is -3.17. The summed E-state index contributed by atoms with van der Waals surface area (Å²) in [7, 11) is 0. The Kier molecular flexibility index (Phi) is 7.38. The molecule has 2 amide bonds. The van der Waals surface area contributed by atoms with Crippen LogP contribution in [0.2, 0.25) is 0 Å².